The van der Waals surface area contributed by atoms with Gasteiger partial charge in [0.25, 0.3) is 0 Å². The summed E-state index contributed by atoms with van der Waals surface area (Å²) in [7, 11) is 0. The maximum Gasteiger partial charge on any atom is 0.405 e. The summed E-state index contributed by atoms with van der Waals surface area (Å²) in [5.74, 6) is -1.25. The van der Waals surface area contributed by atoms with Gasteiger partial charge in [-0.05, 0) is 12.1 Å². The lowest BCUT2D eigenvalue weighted by Crippen LogP contribution is -2.36. The molecule has 1 heterocycles. The summed E-state index contributed by atoms with van der Waals surface area (Å²) < 4.78 is 35.3. The van der Waals surface area contributed by atoms with E-state index in [9.17, 15) is 22.8 Å². The minimum Gasteiger partial charge on any atom is -0.477 e. The Morgan fingerprint density at radius 1 is 1.33 bits per heavy atom. The van der Waals surface area contributed by atoms with E-state index in [1.54, 1.807) is 5.32 Å². The number of urea groups is 1. The number of amides is 2. The monoisotopic (exact) mass is 263 g/mol. The quantitative estimate of drug-likeness (QED) is 0.770. The number of rotatable bonds is 3. The number of aromatic carboxylic acids is 1. The Bertz CT molecular complexity index is 445. The van der Waals surface area contributed by atoms with Gasteiger partial charge >= 0.3 is 18.2 Å². The van der Waals surface area contributed by atoms with Gasteiger partial charge in [0.05, 0.1) is 11.9 Å². The molecule has 2 amide bonds. The average molecular weight is 263 g/mol. The number of pyridine rings is 1. The second kappa shape index (κ2) is 5.34. The van der Waals surface area contributed by atoms with Gasteiger partial charge in [0.15, 0.2) is 0 Å². The van der Waals surface area contributed by atoms with Crippen LogP contribution in [-0.2, 0) is 0 Å². The van der Waals surface area contributed by atoms with Crippen LogP contribution in [0.2, 0.25) is 0 Å². The second-order valence-corrected chi connectivity index (χ2v) is 3.16. The molecule has 0 fully saturated rings. The van der Waals surface area contributed by atoms with E-state index >= 15 is 0 Å². The highest BCUT2D eigenvalue weighted by Crippen LogP contribution is 2.12. The first kappa shape index (κ1) is 13.7. The lowest BCUT2D eigenvalue weighted by molar-refractivity contribution is -0.122. The minimum absolute atomic E-state index is 0.0830. The Morgan fingerprint density at radius 3 is 2.44 bits per heavy atom. The highest BCUT2D eigenvalue weighted by molar-refractivity contribution is 5.90. The standard InChI is InChI=1S/C9H8F3N3O3/c10-9(11,12)4-14-8(18)15-5-1-2-6(7(16)17)13-3-5/h1-3H,4H2,(H,16,17)(H2,14,15,18). The molecule has 6 nitrogen and oxygen atoms in total. The van der Waals surface area contributed by atoms with Gasteiger partial charge in [0.1, 0.15) is 12.2 Å². The summed E-state index contributed by atoms with van der Waals surface area (Å²) in [4.78, 5) is 24.9. The highest BCUT2D eigenvalue weighted by atomic mass is 19.4. The smallest absolute Gasteiger partial charge is 0.405 e. The first-order valence-corrected chi connectivity index (χ1v) is 4.59. The molecule has 0 aromatic carbocycles. The molecular formula is C9H8F3N3O3. The third-order valence-corrected chi connectivity index (χ3v) is 1.69. The van der Waals surface area contributed by atoms with Crippen LogP contribution in [0.4, 0.5) is 23.7 Å². The molecule has 0 aliphatic heterocycles. The third-order valence-electron chi connectivity index (χ3n) is 1.69. The van der Waals surface area contributed by atoms with Crippen LogP contribution in [0.5, 0.6) is 0 Å². The van der Waals surface area contributed by atoms with E-state index in [4.69, 9.17) is 5.11 Å². The molecule has 0 radical (unpaired) electrons. The van der Waals surface area contributed by atoms with E-state index in [2.05, 4.69) is 10.3 Å². The second-order valence-electron chi connectivity index (χ2n) is 3.16. The Kier molecular flexibility index (Phi) is 4.08. The molecule has 9 heteroatoms. The average Bonchev–Trinajstić information content (AvgIpc) is 2.26. The van der Waals surface area contributed by atoms with E-state index < -0.39 is 24.7 Å². The van der Waals surface area contributed by atoms with Crippen molar-refractivity contribution in [1.82, 2.24) is 10.3 Å². The molecule has 1 aromatic rings. The highest BCUT2D eigenvalue weighted by Gasteiger charge is 2.27. The molecule has 0 unspecified atom stereocenters. The molecule has 1 aromatic heterocycles. The number of anilines is 1. The molecular weight excluding hydrogens is 255 g/mol. The first-order valence-electron chi connectivity index (χ1n) is 4.59. The molecule has 0 atom stereocenters. The number of carbonyl (C=O) groups excluding carboxylic acids is 1. The minimum atomic E-state index is -4.50. The van der Waals surface area contributed by atoms with E-state index in [1.165, 1.54) is 6.07 Å². The van der Waals surface area contributed by atoms with E-state index in [0.717, 1.165) is 12.3 Å². The summed E-state index contributed by atoms with van der Waals surface area (Å²) in [6, 6.07) is 1.27. The van der Waals surface area contributed by atoms with Gasteiger partial charge in [-0.2, -0.15) is 13.2 Å². The molecule has 18 heavy (non-hydrogen) atoms. The number of nitrogens with zero attached hydrogens (tertiary/aromatic N) is 1. The van der Waals surface area contributed by atoms with Crippen molar-refractivity contribution in [2.24, 2.45) is 0 Å². The fourth-order valence-electron chi connectivity index (χ4n) is 0.950. The van der Waals surface area contributed by atoms with Crippen molar-refractivity contribution < 1.29 is 27.9 Å². The molecule has 1 rings (SSSR count). The Morgan fingerprint density at radius 2 is 2.00 bits per heavy atom. The van der Waals surface area contributed by atoms with Crippen LogP contribution in [-0.4, -0.2) is 34.8 Å². The number of hydrogen-bond acceptors (Lipinski definition) is 3. The van der Waals surface area contributed by atoms with Gasteiger partial charge in [-0.3, -0.25) is 0 Å². The number of carboxylic acids is 1. The maximum atomic E-state index is 11.8. The fourth-order valence-corrected chi connectivity index (χ4v) is 0.950. The third kappa shape index (κ3) is 4.68. The van der Waals surface area contributed by atoms with Gasteiger partial charge in [0, 0.05) is 0 Å². The lowest BCUT2D eigenvalue weighted by atomic mass is 10.3. The normalized spacial score (nSPS) is 10.8. The Labute approximate surface area is 98.8 Å². The zero-order chi connectivity index (χ0) is 13.8. The van der Waals surface area contributed by atoms with Crippen molar-refractivity contribution in [3.63, 3.8) is 0 Å². The van der Waals surface area contributed by atoms with Crippen molar-refractivity contribution in [1.29, 1.82) is 0 Å². The topological polar surface area (TPSA) is 91.3 Å². The summed E-state index contributed by atoms with van der Waals surface area (Å²) in [6.45, 7) is -1.46. The zero-order valence-electron chi connectivity index (χ0n) is 8.78. The van der Waals surface area contributed by atoms with Crippen LogP contribution < -0.4 is 10.6 Å². The van der Waals surface area contributed by atoms with Crippen LogP contribution in [0, 0.1) is 0 Å². The number of hydrogen-bond donors (Lipinski definition) is 3. The van der Waals surface area contributed by atoms with Crippen LogP contribution >= 0.6 is 0 Å². The van der Waals surface area contributed by atoms with Gasteiger partial charge in [-0.1, -0.05) is 0 Å². The van der Waals surface area contributed by atoms with Crippen molar-refractivity contribution >= 4 is 17.7 Å². The number of nitrogens with one attached hydrogen (secondary N) is 2. The van der Waals surface area contributed by atoms with Crippen LogP contribution in [0.25, 0.3) is 0 Å². The Hall–Kier alpha value is -2.32. The SMILES string of the molecule is O=C(NCC(F)(F)F)Nc1ccc(C(=O)O)nc1. The number of halogens is 3. The molecule has 0 saturated heterocycles. The molecule has 0 spiro atoms. The summed E-state index contributed by atoms with van der Waals surface area (Å²) in [6.07, 6.45) is -3.47. The van der Waals surface area contributed by atoms with E-state index in [0.29, 0.717) is 0 Å². The largest absolute Gasteiger partial charge is 0.477 e. The summed E-state index contributed by atoms with van der Waals surface area (Å²) in [5, 5.41) is 12.2. The van der Waals surface area contributed by atoms with E-state index in [1.807, 2.05) is 0 Å². The van der Waals surface area contributed by atoms with Gasteiger partial charge in [0.2, 0.25) is 0 Å². The Balaban J connectivity index is 2.52. The number of alkyl halides is 3. The predicted octanol–water partition coefficient (Wildman–Crippen LogP) is 1.46. The number of aromatic nitrogens is 1. The maximum absolute atomic E-state index is 11.8. The van der Waals surface area contributed by atoms with Gasteiger partial charge < -0.3 is 15.7 Å². The van der Waals surface area contributed by atoms with Gasteiger partial charge in [-0.25, -0.2) is 14.6 Å². The lowest BCUT2D eigenvalue weighted by Gasteiger charge is -2.09. The molecule has 0 aliphatic rings. The van der Waals surface area contributed by atoms with Crippen LogP contribution in [0.15, 0.2) is 18.3 Å². The number of carbonyl (C=O) groups is 2. The molecule has 98 valence electrons. The molecule has 3 N–H and O–H groups in total. The van der Waals surface area contributed by atoms with Gasteiger partial charge in [-0.15, -0.1) is 0 Å². The van der Waals surface area contributed by atoms with Crippen molar-refractivity contribution in [2.75, 3.05) is 11.9 Å². The van der Waals surface area contributed by atoms with Crippen molar-refractivity contribution in [3.8, 4) is 0 Å². The summed E-state index contributed by atoms with van der Waals surface area (Å²) >= 11 is 0. The number of carboxylic acid groups (broad SMARTS) is 1. The van der Waals surface area contributed by atoms with E-state index in [-0.39, 0.29) is 11.4 Å². The summed E-state index contributed by atoms with van der Waals surface area (Å²) in [5.41, 5.74) is -0.157. The van der Waals surface area contributed by atoms with Crippen molar-refractivity contribution in [3.05, 3.63) is 24.0 Å². The predicted molar refractivity (Wildman–Crippen MR) is 54.3 cm³/mol. The van der Waals surface area contributed by atoms with Crippen molar-refractivity contribution in [2.45, 2.75) is 6.18 Å². The first-order chi connectivity index (χ1) is 8.28. The zero-order valence-corrected chi connectivity index (χ0v) is 8.78. The van der Waals surface area contributed by atoms with Crippen LogP contribution in [0.3, 0.4) is 0 Å². The molecule has 0 saturated carbocycles. The van der Waals surface area contributed by atoms with Crippen LogP contribution in [0.1, 0.15) is 10.5 Å². The molecule has 0 aliphatic carbocycles. The fraction of sp³-hybridized carbons (Fsp3) is 0.222. The molecule has 0 bridgehead atoms.